The van der Waals surface area contributed by atoms with Gasteiger partial charge in [0.15, 0.2) is 5.60 Å². The standard InChI is InChI=1S/C25H30N2O5/c1-25(2,23(28)29)32-20-10-6-9-19(15-20)22(18-7-4-3-5-8-18)26-24(30)31-21-16-27-13-11-17(21)12-14-27/h3-10,15,17,21-22H,11-14,16H2,1-2H3,(H,26,30)(H,28,29). The van der Waals surface area contributed by atoms with Crippen molar-refractivity contribution in [2.24, 2.45) is 5.92 Å². The third-order valence-electron chi connectivity index (χ3n) is 6.33. The Kier molecular flexibility index (Phi) is 6.37. The zero-order valence-corrected chi connectivity index (χ0v) is 18.5. The number of carbonyl (C=O) groups is 2. The summed E-state index contributed by atoms with van der Waals surface area (Å²) in [5, 5.41) is 12.4. The van der Waals surface area contributed by atoms with E-state index in [1.54, 1.807) is 18.2 Å². The lowest BCUT2D eigenvalue weighted by Gasteiger charge is -2.43. The number of carbonyl (C=O) groups excluding carboxylic acids is 1. The number of benzene rings is 2. The van der Waals surface area contributed by atoms with Crippen molar-refractivity contribution in [3.05, 3.63) is 65.7 Å². The van der Waals surface area contributed by atoms with Crippen molar-refractivity contribution >= 4 is 12.1 Å². The highest BCUT2D eigenvalue weighted by molar-refractivity contribution is 5.76. The van der Waals surface area contributed by atoms with Crippen molar-refractivity contribution in [3.8, 4) is 5.75 Å². The number of nitrogens with zero attached hydrogens (tertiary/aromatic N) is 1. The van der Waals surface area contributed by atoms with Gasteiger partial charge in [0, 0.05) is 6.54 Å². The van der Waals surface area contributed by atoms with E-state index in [4.69, 9.17) is 9.47 Å². The molecule has 2 N–H and O–H groups in total. The zero-order valence-electron chi connectivity index (χ0n) is 18.5. The number of carboxylic acid groups (broad SMARTS) is 1. The summed E-state index contributed by atoms with van der Waals surface area (Å²) in [5.74, 6) is -0.207. The van der Waals surface area contributed by atoms with Gasteiger partial charge in [-0.2, -0.15) is 0 Å². The molecule has 0 radical (unpaired) electrons. The first kappa shape index (κ1) is 22.1. The quantitative estimate of drug-likeness (QED) is 0.683. The van der Waals surface area contributed by atoms with Gasteiger partial charge in [-0.25, -0.2) is 9.59 Å². The second kappa shape index (κ2) is 9.20. The van der Waals surface area contributed by atoms with Crippen LogP contribution in [0.4, 0.5) is 4.79 Å². The van der Waals surface area contributed by atoms with E-state index in [1.807, 2.05) is 36.4 Å². The van der Waals surface area contributed by atoms with Crippen molar-refractivity contribution in [2.75, 3.05) is 19.6 Å². The fourth-order valence-corrected chi connectivity index (χ4v) is 4.43. The smallest absolute Gasteiger partial charge is 0.408 e. The monoisotopic (exact) mass is 438 g/mol. The van der Waals surface area contributed by atoms with Crippen LogP contribution in [-0.4, -0.2) is 53.4 Å². The number of carboxylic acids is 1. The van der Waals surface area contributed by atoms with Gasteiger partial charge >= 0.3 is 12.1 Å². The van der Waals surface area contributed by atoms with E-state index in [0.29, 0.717) is 11.7 Å². The van der Waals surface area contributed by atoms with Crippen molar-refractivity contribution in [1.82, 2.24) is 10.2 Å². The molecule has 32 heavy (non-hydrogen) atoms. The zero-order chi connectivity index (χ0) is 22.7. The molecule has 1 amide bonds. The van der Waals surface area contributed by atoms with Crippen LogP contribution in [0.5, 0.6) is 5.75 Å². The molecule has 0 spiro atoms. The van der Waals surface area contributed by atoms with Crippen molar-refractivity contribution in [3.63, 3.8) is 0 Å². The first-order valence-electron chi connectivity index (χ1n) is 11.1. The molecule has 3 saturated heterocycles. The predicted molar refractivity (Wildman–Crippen MR) is 120 cm³/mol. The Morgan fingerprint density at radius 1 is 1.06 bits per heavy atom. The largest absolute Gasteiger partial charge is 0.478 e. The number of fused-ring (bicyclic) bond motifs is 3. The van der Waals surface area contributed by atoms with E-state index in [1.165, 1.54) is 13.8 Å². The molecular weight excluding hydrogens is 408 g/mol. The lowest BCUT2D eigenvalue weighted by Crippen LogP contribution is -2.52. The highest BCUT2D eigenvalue weighted by Gasteiger charge is 2.37. The average Bonchev–Trinajstić information content (AvgIpc) is 2.78. The minimum absolute atomic E-state index is 0.0834. The Balaban J connectivity index is 1.53. The first-order valence-corrected chi connectivity index (χ1v) is 11.1. The van der Waals surface area contributed by atoms with Crippen LogP contribution >= 0.6 is 0 Å². The molecule has 7 nitrogen and oxygen atoms in total. The summed E-state index contributed by atoms with van der Waals surface area (Å²) >= 11 is 0. The van der Waals surface area contributed by atoms with E-state index in [-0.39, 0.29) is 6.10 Å². The summed E-state index contributed by atoms with van der Waals surface area (Å²) in [5.41, 5.74) is 0.303. The number of rotatable bonds is 7. The Bertz CT molecular complexity index is 954. The van der Waals surface area contributed by atoms with Crippen LogP contribution in [0, 0.1) is 5.92 Å². The lowest BCUT2D eigenvalue weighted by atomic mass is 9.86. The number of hydrogen-bond acceptors (Lipinski definition) is 5. The molecule has 3 aliphatic heterocycles. The molecule has 2 aromatic carbocycles. The third-order valence-corrected chi connectivity index (χ3v) is 6.33. The normalized spacial score (nSPS) is 23.2. The second-order valence-corrected chi connectivity index (χ2v) is 9.06. The summed E-state index contributed by atoms with van der Waals surface area (Å²) in [6.45, 7) is 5.96. The van der Waals surface area contributed by atoms with Crippen LogP contribution in [0.25, 0.3) is 0 Å². The Hall–Kier alpha value is -3.06. The number of ether oxygens (including phenoxy) is 2. The Morgan fingerprint density at radius 2 is 1.75 bits per heavy atom. The van der Waals surface area contributed by atoms with E-state index in [2.05, 4.69) is 10.2 Å². The maximum Gasteiger partial charge on any atom is 0.408 e. The van der Waals surface area contributed by atoms with Gasteiger partial charge in [-0.15, -0.1) is 0 Å². The van der Waals surface area contributed by atoms with Gasteiger partial charge in [0.1, 0.15) is 11.9 Å². The molecule has 2 aromatic rings. The summed E-state index contributed by atoms with van der Waals surface area (Å²) in [4.78, 5) is 26.7. The molecule has 5 rings (SSSR count). The van der Waals surface area contributed by atoms with Gasteiger partial charge in [0.05, 0.1) is 6.04 Å². The molecule has 170 valence electrons. The number of piperidine rings is 3. The number of amides is 1. The van der Waals surface area contributed by atoms with Gasteiger partial charge in [-0.1, -0.05) is 42.5 Å². The van der Waals surface area contributed by atoms with Crippen LogP contribution < -0.4 is 10.1 Å². The van der Waals surface area contributed by atoms with Crippen molar-refractivity contribution < 1.29 is 24.2 Å². The van der Waals surface area contributed by atoms with E-state index in [9.17, 15) is 14.7 Å². The molecule has 3 fully saturated rings. The van der Waals surface area contributed by atoms with E-state index < -0.39 is 23.7 Å². The fourth-order valence-electron chi connectivity index (χ4n) is 4.43. The summed E-state index contributed by atoms with van der Waals surface area (Å²) in [6, 6.07) is 16.3. The molecule has 7 heteroatoms. The molecule has 2 atom stereocenters. The van der Waals surface area contributed by atoms with Crippen LogP contribution in [0.3, 0.4) is 0 Å². The number of aliphatic carboxylic acids is 1. The molecule has 0 saturated carbocycles. The number of alkyl carbamates (subject to hydrolysis) is 1. The van der Waals surface area contributed by atoms with Gasteiger partial charge in [-0.05, 0) is 69.0 Å². The van der Waals surface area contributed by atoms with E-state index in [0.717, 1.165) is 43.6 Å². The summed E-state index contributed by atoms with van der Waals surface area (Å²) < 4.78 is 11.5. The number of nitrogens with one attached hydrogen (secondary N) is 1. The SMILES string of the molecule is CC(C)(Oc1cccc(C(NC(=O)OC2CN3CCC2CC3)c2ccccc2)c1)C(=O)O. The van der Waals surface area contributed by atoms with Crippen LogP contribution in [0.15, 0.2) is 54.6 Å². The van der Waals surface area contributed by atoms with Crippen LogP contribution in [0.2, 0.25) is 0 Å². The first-order chi connectivity index (χ1) is 15.3. The topological polar surface area (TPSA) is 88.1 Å². The van der Waals surface area contributed by atoms with E-state index >= 15 is 0 Å². The van der Waals surface area contributed by atoms with Gasteiger partial charge < -0.3 is 19.9 Å². The minimum atomic E-state index is -1.37. The molecule has 2 unspecified atom stereocenters. The summed E-state index contributed by atoms with van der Waals surface area (Å²) in [7, 11) is 0. The molecule has 3 aliphatic rings. The van der Waals surface area contributed by atoms with Crippen LogP contribution in [0.1, 0.15) is 43.9 Å². The predicted octanol–water partition coefficient (Wildman–Crippen LogP) is 3.84. The fraction of sp³-hybridized carbons (Fsp3) is 0.440. The molecular formula is C25H30N2O5. The van der Waals surface area contributed by atoms with Crippen LogP contribution in [-0.2, 0) is 9.53 Å². The van der Waals surface area contributed by atoms with Gasteiger partial charge in [-0.3, -0.25) is 4.90 Å². The molecule has 0 aliphatic carbocycles. The van der Waals surface area contributed by atoms with Gasteiger partial charge in [0.25, 0.3) is 0 Å². The Morgan fingerprint density at radius 3 is 2.38 bits per heavy atom. The third kappa shape index (κ3) is 5.05. The average molecular weight is 439 g/mol. The maximum absolute atomic E-state index is 12.9. The molecule has 2 bridgehead atoms. The highest BCUT2D eigenvalue weighted by atomic mass is 16.6. The molecule has 3 heterocycles. The Labute approximate surface area is 188 Å². The summed E-state index contributed by atoms with van der Waals surface area (Å²) in [6.07, 6.45) is 1.60. The molecule has 0 aromatic heterocycles. The maximum atomic E-state index is 12.9. The van der Waals surface area contributed by atoms with Gasteiger partial charge in [0.2, 0.25) is 0 Å². The lowest BCUT2D eigenvalue weighted by molar-refractivity contribution is -0.152. The van der Waals surface area contributed by atoms with Crippen molar-refractivity contribution in [2.45, 2.75) is 44.4 Å². The minimum Gasteiger partial charge on any atom is -0.478 e. The van der Waals surface area contributed by atoms with Crippen molar-refractivity contribution in [1.29, 1.82) is 0 Å². The highest BCUT2D eigenvalue weighted by Crippen LogP contribution is 2.31. The second-order valence-electron chi connectivity index (χ2n) is 9.06. The number of hydrogen-bond donors (Lipinski definition) is 2.